The molecule has 0 spiro atoms. The van der Waals surface area contributed by atoms with Crippen molar-refractivity contribution in [1.29, 1.82) is 0 Å². The SMILES string of the molecule is O=C(O)COc1ccc(/C=N\n2cn[nH]c2=S)cc1. The first kappa shape index (κ1) is 13.0. The molecule has 0 radical (unpaired) electrons. The zero-order valence-corrected chi connectivity index (χ0v) is 10.5. The Kier molecular flexibility index (Phi) is 4.04. The van der Waals surface area contributed by atoms with Gasteiger partial charge < -0.3 is 9.84 Å². The van der Waals surface area contributed by atoms with Crippen LogP contribution in [-0.4, -0.2) is 38.8 Å². The number of carboxylic acids is 1. The molecule has 1 aromatic heterocycles. The van der Waals surface area contributed by atoms with Gasteiger partial charge in [-0.25, -0.2) is 4.79 Å². The Bertz CT molecular complexity index is 644. The van der Waals surface area contributed by atoms with E-state index < -0.39 is 5.97 Å². The second kappa shape index (κ2) is 5.91. The first-order valence-corrected chi connectivity index (χ1v) is 5.67. The predicted molar refractivity (Wildman–Crippen MR) is 70.0 cm³/mol. The van der Waals surface area contributed by atoms with Crippen molar-refractivity contribution in [3.05, 3.63) is 40.9 Å². The Labute approximate surface area is 113 Å². The summed E-state index contributed by atoms with van der Waals surface area (Å²) in [5, 5.41) is 18.9. The smallest absolute Gasteiger partial charge is 0.341 e. The van der Waals surface area contributed by atoms with E-state index in [2.05, 4.69) is 15.3 Å². The lowest BCUT2D eigenvalue weighted by atomic mass is 10.2. The molecule has 0 fully saturated rings. The first-order valence-electron chi connectivity index (χ1n) is 5.26. The number of H-pyrrole nitrogens is 1. The fourth-order valence-corrected chi connectivity index (χ4v) is 1.40. The molecular weight excluding hydrogens is 268 g/mol. The van der Waals surface area contributed by atoms with Crippen molar-refractivity contribution in [3.8, 4) is 5.75 Å². The summed E-state index contributed by atoms with van der Waals surface area (Å²) in [6.07, 6.45) is 3.06. The molecule has 2 aromatic rings. The van der Waals surface area contributed by atoms with Crippen molar-refractivity contribution in [1.82, 2.24) is 14.9 Å². The second-order valence-corrected chi connectivity index (χ2v) is 3.89. The summed E-state index contributed by atoms with van der Waals surface area (Å²) < 4.78 is 6.83. The summed E-state index contributed by atoms with van der Waals surface area (Å²) in [5.74, 6) is -0.528. The molecule has 0 saturated heterocycles. The van der Waals surface area contributed by atoms with Gasteiger partial charge in [0, 0.05) is 0 Å². The summed E-state index contributed by atoms with van der Waals surface area (Å²) in [7, 11) is 0. The van der Waals surface area contributed by atoms with E-state index in [1.54, 1.807) is 30.5 Å². The summed E-state index contributed by atoms with van der Waals surface area (Å²) in [6.45, 7) is -0.363. The normalized spacial score (nSPS) is 10.7. The van der Waals surface area contributed by atoms with Crippen LogP contribution in [0.15, 0.2) is 35.7 Å². The van der Waals surface area contributed by atoms with Crippen LogP contribution >= 0.6 is 12.2 Å². The Balaban J connectivity index is 2.03. The van der Waals surface area contributed by atoms with Crippen molar-refractivity contribution in [2.24, 2.45) is 5.10 Å². The lowest BCUT2D eigenvalue weighted by molar-refractivity contribution is -0.139. The van der Waals surface area contributed by atoms with Gasteiger partial charge in [-0.05, 0) is 42.0 Å². The number of rotatable bonds is 5. The van der Waals surface area contributed by atoms with Gasteiger partial charge in [-0.3, -0.25) is 5.10 Å². The van der Waals surface area contributed by atoms with E-state index in [1.807, 2.05) is 0 Å². The number of aromatic amines is 1. The molecule has 0 aliphatic heterocycles. The highest BCUT2D eigenvalue weighted by atomic mass is 32.1. The Morgan fingerprint density at radius 3 is 2.84 bits per heavy atom. The number of carbonyl (C=O) groups is 1. The van der Waals surface area contributed by atoms with Crippen molar-refractivity contribution in [2.75, 3.05) is 6.61 Å². The van der Waals surface area contributed by atoms with Gasteiger partial charge in [0.2, 0.25) is 4.77 Å². The molecule has 1 aromatic carbocycles. The van der Waals surface area contributed by atoms with Crippen molar-refractivity contribution >= 4 is 24.4 Å². The van der Waals surface area contributed by atoms with Gasteiger partial charge >= 0.3 is 5.97 Å². The van der Waals surface area contributed by atoms with Gasteiger partial charge in [-0.2, -0.15) is 14.9 Å². The van der Waals surface area contributed by atoms with E-state index in [9.17, 15) is 4.79 Å². The topological polar surface area (TPSA) is 92.5 Å². The molecule has 0 aliphatic rings. The molecule has 1 heterocycles. The number of ether oxygens (including phenoxy) is 1. The maximum absolute atomic E-state index is 10.3. The summed E-state index contributed by atoms with van der Waals surface area (Å²) >= 11 is 4.94. The lowest BCUT2D eigenvalue weighted by Crippen LogP contribution is -2.09. The molecule has 0 atom stereocenters. The van der Waals surface area contributed by atoms with Crippen LogP contribution in [0.2, 0.25) is 0 Å². The van der Waals surface area contributed by atoms with Crippen LogP contribution in [0.5, 0.6) is 5.75 Å². The van der Waals surface area contributed by atoms with Crippen molar-refractivity contribution < 1.29 is 14.6 Å². The molecule has 0 unspecified atom stereocenters. The van der Waals surface area contributed by atoms with E-state index in [4.69, 9.17) is 22.1 Å². The molecule has 8 heteroatoms. The highest BCUT2D eigenvalue weighted by molar-refractivity contribution is 7.71. The zero-order valence-electron chi connectivity index (χ0n) is 9.68. The number of aromatic nitrogens is 3. The summed E-state index contributed by atoms with van der Waals surface area (Å²) in [4.78, 5) is 10.3. The zero-order chi connectivity index (χ0) is 13.7. The van der Waals surface area contributed by atoms with Crippen LogP contribution in [0.4, 0.5) is 0 Å². The molecule has 0 saturated carbocycles. The number of carboxylic acid groups (broad SMARTS) is 1. The summed E-state index contributed by atoms with van der Waals surface area (Å²) in [5.41, 5.74) is 0.825. The molecular formula is C11H10N4O3S. The number of hydrogen-bond acceptors (Lipinski definition) is 5. The quantitative estimate of drug-likeness (QED) is 0.635. The number of nitrogens with one attached hydrogen (secondary N) is 1. The van der Waals surface area contributed by atoms with E-state index >= 15 is 0 Å². The third-order valence-corrected chi connectivity index (χ3v) is 2.39. The van der Waals surface area contributed by atoms with Crippen molar-refractivity contribution in [2.45, 2.75) is 0 Å². The third-order valence-electron chi connectivity index (χ3n) is 2.11. The Morgan fingerprint density at radius 1 is 1.53 bits per heavy atom. The van der Waals surface area contributed by atoms with Gasteiger partial charge in [-0.15, -0.1) is 0 Å². The molecule has 2 rings (SSSR count). The second-order valence-electron chi connectivity index (χ2n) is 3.50. The largest absolute Gasteiger partial charge is 0.482 e. The third kappa shape index (κ3) is 3.75. The number of aliphatic carboxylic acids is 1. The van der Waals surface area contributed by atoms with Gasteiger partial charge in [-0.1, -0.05) is 0 Å². The average molecular weight is 278 g/mol. The fraction of sp³-hybridized carbons (Fsp3) is 0.0909. The predicted octanol–water partition coefficient (Wildman–Crippen LogP) is 1.29. The monoisotopic (exact) mass is 278 g/mol. The first-order chi connectivity index (χ1) is 9.15. The van der Waals surface area contributed by atoms with Crippen molar-refractivity contribution in [3.63, 3.8) is 0 Å². The molecule has 0 amide bonds. The molecule has 7 nitrogen and oxygen atoms in total. The maximum Gasteiger partial charge on any atom is 0.341 e. The van der Waals surface area contributed by atoms with Gasteiger partial charge in [0.1, 0.15) is 12.1 Å². The molecule has 98 valence electrons. The standard InChI is InChI=1S/C11H10N4O3S/c16-10(17)6-18-9-3-1-8(2-4-9)5-13-15-7-12-14-11(15)19/h1-5,7H,6H2,(H,14,19)(H,16,17)/b13-5-. The maximum atomic E-state index is 10.3. The molecule has 2 N–H and O–H groups in total. The number of nitrogens with zero attached hydrogens (tertiary/aromatic N) is 3. The minimum Gasteiger partial charge on any atom is -0.482 e. The lowest BCUT2D eigenvalue weighted by Gasteiger charge is -2.02. The van der Waals surface area contributed by atoms with E-state index in [0.717, 1.165) is 5.56 Å². The van der Waals surface area contributed by atoms with Crippen LogP contribution in [0.1, 0.15) is 5.56 Å². The average Bonchev–Trinajstić information content (AvgIpc) is 2.81. The van der Waals surface area contributed by atoms with E-state index in [1.165, 1.54) is 11.0 Å². The molecule has 0 bridgehead atoms. The van der Waals surface area contributed by atoms with Crippen LogP contribution in [0, 0.1) is 4.77 Å². The highest BCUT2D eigenvalue weighted by Gasteiger charge is 1.98. The minimum atomic E-state index is -1.01. The number of hydrogen-bond donors (Lipinski definition) is 2. The minimum absolute atomic E-state index is 0.363. The van der Waals surface area contributed by atoms with Crippen LogP contribution < -0.4 is 4.74 Å². The molecule has 0 aliphatic carbocycles. The van der Waals surface area contributed by atoms with E-state index in [0.29, 0.717) is 10.5 Å². The Hall–Kier alpha value is -2.48. The molecule has 19 heavy (non-hydrogen) atoms. The van der Waals surface area contributed by atoms with Gasteiger partial charge in [0.15, 0.2) is 6.61 Å². The van der Waals surface area contributed by atoms with Crippen LogP contribution in [0.25, 0.3) is 0 Å². The van der Waals surface area contributed by atoms with Crippen LogP contribution in [-0.2, 0) is 4.79 Å². The Morgan fingerprint density at radius 2 is 2.26 bits per heavy atom. The van der Waals surface area contributed by atoms with Gasteiger partial charge in [0.05, 0.1) is 6.21 Å². The van der Waals surface area contributed by atoms with Crippen LogP contribution in [0.3, 0.4) is 0 Å². The summed E-state index contributed by atoms with van der Waals surface area (Å²) in [6, 6.07) is 6.84. The van der Waals surface area contributed by atoms with Gasteiger partial charge in [0.25, 0.3) is 0 Å². The number of benzene rings is 1. The highest BCUT2D eigenvalue weighted by Crippen LogP contribution is 2.10. The van der Waals surface area contributed by atoms with E-state index in [-0.39, 0.29) is 6.61 Å². The fourth-order valence-electron chi connectivity index (χ4n) is 1.25.